The number of carbonyl (C=O) groups is 2. The average molecular weight is 327 g/mol. The van der Waals surface area contributed by atoms with Gasteiger partial charge in [0, 0.05) is 43.1 Å². The Kier molecular flexibility index (Phi) is 5.55. The van der Waals surface area contributed by atoms with Gasteiger partial charge >= 0.3 is 5.97 Å². The minimum Gasteiger partial charge on any atom is -0.480 e. The molecular formula is C18H21N3O3. The first kappa shape index (κ1) is 17.5. The van der Waals surface area contributed by atoms with Gasteiger partial charge in [0.1, 0.15) is 6.04 Å². The van der Waals surface area contributed by atoms with Gasteiger partial charge in [-0.2, -0.15) is 0 Å². The van der Waals surface area contributed by atoms with Crippen molar-refractivity contribution in [1.29, 1.82) is 0 Å². The summed E-state index contributed by atoms with van der Waals surface area (Å²) in [6.45, 7) is 0.120. The van der Waals surface area contributed by atoms with Crippen LogP contribution in [-0.4, -0.2) is 43.5 Å². The summed E-state index contributed by atoms with van der Waals surface area (Å²) in [5, 5.41) is 11.7. The molecule has 2 aromatic rings. The third-order valence-corrected chi connectivity index (χ3v) is 3.64. The van der Waals surface area contributed by atoms with E-state index in [9.17, 15) is 9.59 Å². The molecule has 0 unspecified atom stereocenters. The summed E-state index contributed by atoms with van der Waals surface area (Å²) in [7, 11) is 3.89. The lowest BCUT2D eigenvalue weighted by Crippen LogP contribution is -2.36. The summed E-state index contributed by atoms with van der Waals surface area (Å²) in [5.74, 6) is -1.12. The normalized spacial score (nSPS) is 11.6. The molecule has 0 fully saturated rings. The number of nitrogens with one attached hydrogen (secondary N) is 1. The van der Waals surface area contributed by atoms with Crippen molar-refractivity contribution in [3.63, 3.8) is 0 Å². The molecule has 1 atom stereocenters. The first-order valence-corrected chi connectivity index (χ1v) is 7.53. The van der Waals surface area contributed by atoms with E-state index in [1.165, 1.54) is 0 Å². The lowest BCUT2D eigenvalue weighted by molar-refractivity contribution is -0.138. The highest BCUT2D eigenvalue weighted by Gasteiger charge is 2.12. The molecular weight excluding hydrogens is 306 g/mol. The molecule has 0 heterocycles. The van der Waals surface area contributed by atoms with Crippen LogP contribution in [0.15, 0.2) is 48.5 Å². The molecule has 0 spiro atoms. The molecule has 0 aliphatic rings. The highest BCUT2D eigenvalue weighted by molar-refractivity contribution is 6.09. The Morgan fingerprint density at radius 1 is 1.04 bits per heavy atom. The molecule has 126 valence electrons. The summed E-state index contributed by atoms with van der Waals surface area (Å²) >= 11 is 0. The summed E-state index contributed by atoms with van der Waals surface area (Å²) < 4.78 is 0. The van der Waals surface area contributed by atoms with Gasteiger partial charge < -0.3 is 21.1 Å². The molecule has 0 saturated heterocycles. The van der Waals surface area contributed by atoms with Crippen molar-refractivity contribution in [2.45, 2.75) is 6.04 Å². The fourth-order valence-corrected chi connectivity index (χ4v) is 2.13. The topological polar surface area (TPSA) is 95.7 Å². The van der Waals surface area contributed by atoms with E-state index < -0.39 is 12.0 Å². The van der Waals surface area contributed by atoms with Crippen LogP contribution in [0.25, 0.3) is 0 Å². The number of anilines is 2. The van der Waals surface area contributed by atoms with Crippen molar-refractivity contribution >= 4 is 23.1 Å². The number of carboxylic acids is 1. The van der Waals surface area contributed by atoms with E-state index in [-0.39, 0.29) is 12.3 Å². The number of hydrogen-bond acceptors (Lipinski definition) is 5. The smallest absolute Gasteiger partial charge is 0.322 e. The number of ketones is 1. The zero-order valence-electron chi connectivity index (χ0n) is 13.7. The van der Waals surface area contributed by atoms with E-state index in [2.05, 4.69) is 5.32 Å². The maximum atomic E-state index is 12.5. The van der Waals surface area contributed by atoms with Crippen LogP contribution in [0.3, 0.4) is 0 Å². The van der Waals surface area contributed by atoms with Crippen molar-refractivity contribution in [3.05, 3.63) is 59.7 Å². The largest absolute Gasteiger partial charge is 0.480 e. The second-order valence-electron chi connectivity index (χ2n) is 5.67. The van der Waals surface area contributed by atoms with Crippen LogP contribution in [-0.2, 0) is 4.79 Å². The van der Waals surface area contributed by atoms with Crippen LogP contribution in [0, 0.1) is 0 Å². The van der Waals surface area contributed by atoms with Gasteiger partial charge in [0.2, 0.25) is 0 Å². The summed E-state index contributed by atoms with van der Waals surface area (Å²) in [4.78, 5) is 25.1. The number of aliphatic carboxylic acids is 1. The van der Waals surface area contributed by atoms with Gasteiger partial charge in [-0.1, -0.05) is 0 Å². The predicted molar refractivity (Wildman–Crippen MR) is 94.7 cm³/mol. The zero-order valence-corrected chi connectivity index (χ0v) is 13.7. The highest BCUT2D eigenvalue weighted by Crippen LogP contribution is 2.17. The van der Waals surface area contributed by atoms with Crippen LogP contribution in [0.5, 0.6) is 0 Å². The molecule has 6 nitrogen and oxygen atoms in total. The van der Waals surface area contributed by atoms with Crippen molar-refractivity contribution in [2.75, 3.05) is 30.9 Å². The molecule has 6 heteroatoms. The van der Waals surface area contributed by atoms with Crippen LogP contribution >= 0.6 is 0 Å². The maximum absolute atomic E-state index is 12.5. The fraction of sp³-hybridized carbons (Fsp3) is 0.222. The summed E-state index contributed by atoms with van der Waals surface area (Å²) in [6, 6.07) is 13.3. The second-order valence-corrected chi connectivity index (χ2v) is 5.67. The van der Waals surface area contributed by atoms with E-state index in [1.54, 1.807) is 36.4 Å². The standard InChI is InChI=1S/C18H21N3O3/c1-21(2)15-9-5-13(6-10-15)17(22)12-3-7-14(8-4-12)20-11-16(19)18(23)24/h3-10,16,20H,11,19H2,1-2H3,(H,23,24)/t16-/m0/s1. The number of nitrogens with zero attached hydrogens (tertiary/aromatic N) is 1. The maximum Gasteiger partial charge on any atom is 0.322 e. The average Bonchev–Trinajstić information content (AvgIpc) is 2.59. The Morgan fingerprint density at radius 2 is 1.54 bits per heavy atom. The first-order chi connectivity index (χ1) is 11.4. The van der Waals surface area contributed by atoms with E-state index in [1.807, 2.05) is 31.1 Å². The zero-order chi connectivity index (χ0) is 17.7. The lowest BCUT2D eigenvalue weighted by atomic mass is 10.0. The Balaban J connectivity index is 2.04. The molecule has 0 amide bonds. The number of hydrogen-bond donors (Lipinski definition) is 3. The van der Waals surface area contributed by atoms with Crippen molar-refractivity contribution in [2.24, 2.45) is 5.73 Å². The van der Waals surface area contributed by atoms with E-state index in [0.717, 1.165) is 5.69 Å². The summed E-state index contributed by atoms with van der Waals surface area (Å²) in [5.41, 5.74) is 8.36. The molecule has 0 saturated carbocycles. The van der Waals surface area contributed by atoms with Crippen molar-refractivity contribution in [1.82, 2.24) is 0 Å². The minimum absolute atomic E-state index is 0.0610. The monoisotopic (exact) mass is 327 g/mol. The van der Waals surface area contributed by atoms with Gasteiger partial charge in [0.15, 0.2) is 5.78 Å². The van der Waals surface area contributed by atoms with Gasteiger partial charge in [-0.25, -0.2) is 0 Å². The van der Waals surface area contributed by atoms with Gasteiger partial charge in [-0.05, 0) is 48.5 Å². The molecule has 4 N–H and O–H groups in total. The number of benzene rings is 2. The molecule has 2 rings (SSSR count). The van der Waals surface area contributed by atoms with E-state index in [4.69, 9.17) is 10.8 Å². The molecule has 0 bridgehead atoms. The Labute approximate surface area is 140 Å². The third kappa shape index (κ3) is 4.33. The van der Waals surface area contributed by atoms with Crippen LogP contribution in [0.2, 0.25) is 0 Å². The van der Waals surface area contributed by atoms with Crippen LogP contribution in [0.1, 0.15) is 15.9 Å². The molecule has 24 heavy (non-hydrogen) atoms. The molecule has 0 radical (unpaired) electrons. The summed E-state index contributed by atoms with van der Waals surface area (Å²) in [6.07, 6.45) is 0. The molecule has 0 aromatic heterocycles. The van der Waals surface area contributed by atoms with E-state index in [0.29, 0.717) is 16.8 Å². The van der Waals surface area contributed by atoms with Gasteiger partial charge in [-0.3, -0.25) is 9.59 Å². The van der Waals surface area contributed by atoms with Crippen LogP contribution < -0.4 is 16.0 Å². The number of nitrogens with two attached hydrogens (primary N) is 1. The third-order valence-electron chi connectivity index (χ3n) is 3.64. The SMILES string of the molecule is CN(C)c1ccc(C(=O)c2ccc(NC[C@H](N)C(=O)O)cc2)cc1. The van der Waals surface area contributed by atoms with Crippen molar-refractivity contribution < 1.29 is 14.7 Å². The van der Waals surface area contributed by atoms with Gasteiger partial charge in [-0.15, -0.1) is 0 Å². The van der Waals surface area contributed by atoms with Gasteiger partial charge in [0.05, 0.1) is 0 Å². The lowest BCUT2D eigenvalue weighted by Gasteiger charge is -2.12. The Morgan fingerprint density at radius 3 is 2.00 bits per heavy atom. The van der Waals surface area contributed by atoms with Crippen molar-refractivity contribution in [3.8, 4) is 0 Å². The van der Waals surface area contributed by atoms with Gasteiger partial charge in [0.25, 0.3) is 0 Å². The number of carboxylic acid groups (broad SMARTS) is 1. The van der Waals surface area contributed by atoms with E-state index >= 15 is 0 Å². The molecule has 0 aliphatic heterocycles. The van der Waals surface area contributed by atoms with Crippen LogP contribution in [0.4, 0.5) is 11.4 Å². The number of carbonyl (C=O) groups excluding carboxylic acids is 1. The number of rotatable bonds is 7. The minimum atomic E-state index is -1.06. The molecule has 2 aromatic carbocycles. The highest BCUT2D eigenvalue weighted by atomic mass is 16.4. The fourth-order valence-electron chi connectivity index (χ4n) is 2.13. The first-order valence-electron chi connectivity index (χ1n) is 7.53. The Bertz CT molecular complexity index is 709. The second kappa shape index (κ2) is 7.61. The quantitative estimate of drug-likeness (QED) is 0.671. The Hall–Kier alpha value is -2.86. The molecule has 0 aliphatic carbocycles. The predicted octanol–water partition coefficient (Wildman–Crippen LogP) is 1.81.